The van der Waals surface area contributed by atoms with Crippen LogP contribution in [-0.2, 0) is 9.53 Å². The first kappa shape index (κ1) is 14.4. The van der Waals surface area contributed by atoms with Crippen molar-refractivity contribution in [2.75, 3.05) is 6.61 Å². The Labute approximate surface area is 92.8 Å². The lowest BCUT2D eigenvalue weighted by Gasteiger charge is -2.14. The SMILES string of the molecule is CCCCCOC(C)CCC(C)C(=O)O. The van der Waals surface area contributed by atoms with Gasteiger partial charge in [-0.1, -0.05) is 26.7 Å². The zero-order valence-electron chi connectivity index (χ0n) is 10.2. The van der Waals surface area contributed by atoms with Crippen LogP contribution in [0.15, 0.2) is 0 Å². The van der Waals surface area contributed by atoms with E-state index in [2.05, 4.69) is 6.92 Å². The molecule has 15 heavy (non-hydrogen) atoms. The first-order valence-electron chi connectivity index (χ1n) is 5.92. The minimum atomic E-state index is -0.715. The lowest BCUT2D eigenvalue weighted by molar-refractivity contribution is -0.141. The van der Waals surface area contributed by atoms with Gasteiger partial charge in [-0.15, -0.1) is 0 Å². The van der Waals surface area contributed by atoms with E-state index in [1.165, 1.54) is 12.8 Å². The van der Waals surface area contributed by atoms with Crippen molar-refractivity contribution in [2.24, 2.45) is 5.92 Å². The molecule has 0 saturated carbocycles. The van der Waals surface area contributed by atoms with Gasteiger partial charge in [0.1, 0.15) is 0 Å². The standard InChI is InChI=1S/C12H24O3/c1-4-5-6-9-15-11(3)8-7-10(2)12(13)14/h10-11H,4-9H2,1-3H3,(H,13,14). The van der Waals surface area contributed by atoms with Gasteiger partial charge in [-0.3, -0.25) is 4.79 Å². The fourth-order valence-corrected chi connectivity index (χ4v) is 1.33. The third-order valence-electron chi connectivity index (χ3n) is 2.58. The molecule has 0 aromatic carbocycles. The van der Waals surface area contributed by atoms with Crippen molar-refractivity contribution < 1.29 is 14.6 Å². The average Bonchev–Trinajstić information content (AvgIpc) is 2.20. The van der Waals surface area contributed by atoms with Gasteiger partial charge in [0.2, 0.25) is 0 Å². The minimum absolute atomic E-state index is 0.184. The molecule has 0 saturated heterocycles. The van der Waals surface area contributed by atoms with Crippen LogP contribution in [0, 0.1) is 5.92 Å². The summed E-state index contributed by atoms with van der Waals surface area (Å²) in [6.45, 7) is 6.72. The number of aliphatic carboxylic acids is 1. The van der Waals surface area contributed by atoms with Gasteiger partial charge in [-0.2, -0.15) is 0 Å². The summed E-state index contributed by atoms with van der Waals surface area (Å²) < 4.78 is 5.58. The van der Waals surface area contributed by atoms with Crippen LogP contribution in [0.1, 0.15) is 52.9 Å². The smallest absolute Gasteiger partial charge is 0.306 e. The monoisotopic (exact) mass is 216 g/mol. The lowest BCUT2D eigenvalue weighted by Crippen LogP contribution is -2.15. The predicted octanol–water partition coefficient (Wildman–Crippen LogP) is 3.08. The fraction of sp³-hybridized carbons (Fsp3) is 0.917. The summed E-state index contributed by atoms with van der Waals surface area (Å²) in [7, 11) is 0. The van der Waals surface area contributed by atoms with Crippen molar-refractivity contribution in [3.05, 3.63) is 0 Å². The quantitative estimate of drug-likeness (QED) is 0.602. The summed E-state index contributed by atoms with van der Waals surface area (Å²) in [5.41, 5.74) is 0. The van der Waals surface area contributed by atoms with Crippen molar-refractivity contribution in [3.8, 4) is 0 Å². The van der Waals surface area contributed by atoms with E-state index in [1.54, 1.807) is 6.92 Å². The number of carboxylic acid groups (broad SMARTS) is 1. The predicted molar refractivity (Wildman–Crippen MR) is 61.0 cm³/mol. The van der Waals surface area contributed by atoms with Crippen molar-refractivity contribution >= 4 is 5.97 Å². The van der Waals surface area contributed by atoms with E-state index in [-0.39, 0.29) is 12.0 Å². The van der Waals surface area contributed by atoms with Crippen molar-refractivity contribution in [3.63, 3.8) is 0 Å². The molecule has 2 atom stereocenters. The largest absolute Gasteiger partial charge is 0.481 e. The second-order valence-electron chi connectivity index (χ2n) is 4.21. The Hall–Kier alpha value is -0.570. The summed E-state index contributed by atoms with van der Waals surface area (Å²) in [6, 6.07) is 0. The Morgan fingerprint density at radius 3 is 2.47 bits per heavy atom. The van der Waals surface area contributed by atoms with Gasteiger partial charge in [0, 0.05) is 6.61 Å². The Kier molecular flexibility index (Phi) is 8.38. The van der Waals surface area contributed by atoms with E-state index in [0.717, 1.165) is 19.4 Å². The molecule has 0 fully saturated rings. The summed E-state index contributed by atoms with van der Waals surface area (Å²) in [6.07, 6.45) is 5.23. The van der Waals surface area contributed by atoms with Crippen LogP contribution in [0.4, 0.5) is 0 Å². The number of hydrogen-bond donors (Lipinski definition) is 1. The average molecular weight is 216 g/mol. The van der Waals surface area contributed by atoms with Crippen LogP contribution in [0.5, 0.6) is 0 Å². The van der Waals surface area contributed by atoms with Gasteiger partial charge in [0.25, 0.3) is 0 Å². The Bertz CT molecular complexity index is 168. The Morgan fingerprint density at radius 2 is 1.93 bits per heavy atom. The number of ether oxygens (including phenoxy) is 1. The van der Waals surface area contributed by atoms with E-state index in [1.807, 2.05) is 6.92 Å². The van der Waals surface area contributed by atoms with E-state index >= 15 is 0 Å². The molecule has 90 valence electrons. The summed E-state index contributed by atoms with van der Waals surface area (Å²) >= 11 is 0. The second kappa shape index (κ2) is 8.72. The Morgan fingerprint density at radius 1 is 1.27 bits per heavy atom. The molecular formula is C12H24O3. The summed E-state index contributed by atoms with van der Waals surface area (Å²) in [5.74, 6) is -0.972. The maximum atomic E-state index is 10.6. The topological polar surface area (TPSA) is 46.5 Å². The number of carboxylic acids is 1. The molecule has 0 bridgehead atoms. The highest BCUT2D eigenvalue weighted by molar-refractivity contribution is 5.69. The zero-order valence-corrected chi connectivity index (χ0v) is 10.2. The number of hydrogen-bond acceptors (Lipinski definition) is 2. The summed E-state index contributed by atoms with van der Waals surface area (Å²) in [4.78, 5) is 10.6. The van der Waals surface area contributed by atoms with E-state index < -0.39 is 5.97 Å². The molecule has 0 spiro atoms. The van der Waals surface area contributed by atoms with Crippen LogP contribution in [0.25, 0.3) is 0 Å². The zero-order chi connectivity index (χ0) is 11.7. The van der Waals surface area contributed by atoms with Gasteiger partial charge in [-0.05, 0) is 26.2 Å². The van der Waals surface area contributed by atoms with Gasteiger partial charge in [0.05, 0.1) is 12.0 Å². The van der Waals surface area contributed by atoms with Crippen LogP contribution >= 0.6 is 0 Å². The maximum Gasteiger partial charge on any atom is 0.306 e. The van der Waals surface area contributed by atoms with Gasteiger partial charge in [0.15, 0.2) is 0 Å². The molecule has 0 aliphatic carbocycles. The molecule has 3 heteroatoms. The highest BCUT2D eigenvalue weighted by Crippen LogP contribution is 2.10. The molecule has 0 radical (unpaired) electrons. The van der Waals surface area contributed by atoms with Gasteiger partial charge < -0.3 is 9.84 Å². The van der Waals surface area contributed by atoms with Crippen LogP contribution < -0.4 is 0 Å². The third kappa shape index (κ3) is 8.43. The molecule has 0 aliphatic rings. The lowest BCUT2D eigenvalue weighted by atomic mass is 10.0. The Balaban J connectivity index is 3.40. The maximum absolute atomic E-state index is 10.6. The van der Waals surface area contributed by atoms with Crippen LogP contribution in [0.3, 0.4) is 0 Å². The normalized spacial score (nSPS) is 14.9. The third-order valence-corrected chi connectivity index (χ3v) is 2.58. The molecule has 0 amide bonds. The number of rotatable bonds is 9. The molecule has 0 aromatic heterocycles. The van der Waals surface area contributed by atoms with E-state index in [0.29, 0.717) is 6.42 Å². The van der Waals surface area contributed by atoms with Crippen LogP contribution in [-0.4, -0.2) is 23.8 Å². The molecule has 1 N–H and O–H groups in total. The van der Waals surface area contributed by atoms with Gasteiger partial charge >= 0.3 is 5.97 Å². The minimum Gasteiger partial charge on any atom is -0.481 e. The first-order valence-corrected chi connectivity index (χ1v) is 5.92. The molecule has 0 heterocycles. The number of unbranched alkanes of at least 4 members (excludes halogenated alkanes) is 2. The molecule has 3 nitrogen and oxygen atoms in total. The number of carbonyl (C=O) groups is 1. The van der Waals surface area contributed by atoms with E-state index in [4.69, 9.17) is 9.84 Å². The summed E-state index contributed by atoms with van der Waals surface area (Å²) in [5, 5.41) is 8.70. The van der Waals surface area contributed by atoms with E-state index in [9.17, 15) is 4.79 Å². The van der Waals surface area contributed by atoms with Crippen molar-refractivity contribution in [1.82, 2.24) is 0 Å². The van der Waals surface area contributed by atoms with Gasteiger partial charge in [-0.25, -0.2) is 0 Å². The highest BCUT2D eigenvalue weighted by Gasteiger charge is 2.12. The highest BCUT2D eigenvalue weighted by atomic mass is 16.5. The first-order chi connectivity index (χ1) is 7.07. The van der Waals surface area contributed by atoms with Crippen LogP contribution in [0.2, 0.25) is 0 Å². The molecule has 0 rings (SSSR count). The second-order valence-corrected chi connectivity index (χ2v) is 4.21. The molecule has 0 aliphatic heterocycles. The molecule has 0 aromatic rings. The molecular weight excluding hydrogens is 192 g/mol. The van der Waals surface area contributed by atoms with Crippen molar-refractivity contribution in [1.29, 1.82) is 0 Å². The fourth-order valence-electron chi connectivity index (χ4n) is 1.33. The molecule has 2 unspecified atom stereocenters. The van der Waals surface area contributed by atoms with Crippen molar-refractivity contribution in [2.45, 2.75) is 59.0 Å².